The molecule has 3 nitrogen and oxygen atoms in total. The van der Waals surface area contributed by atoms with E-state index in [9.17, 15) is 0 Å². The zero-order valence-electron chi connectivity index (χ0n) is 19.4. The maximum Gasteiger partial charge on any atom is 0.0478 e. The van der Waals surface area contributed by atoms with Gasteiger partial charge in [0.25, 0.3) is 0 Å². The van der Waals surface area contributed by atoms with Crippen LogP contribution in [0.4, 0.5) is 17.1 Å². The van der Waals surface area contributed by atoms with E-state index in [1.54, 1.807) is 0 Å². The number of anilines is 3. The van der Waals surface area contributed by atoms with Gasteiger partial charge in [0.2, 0.25) is 0 Å². The number of nitrogens with zero attached hydrogens (tertiary/aromatic N) is 2. The average molecular weight is 426 g/mol. The van der Waals surface area contributed by atoms with E-state index in [0.29, 0.717) is 5.92 Å². The molecule has 0 aromatic heterocycles. The number of benzene rings is 3. The molecule has 3 heteroatoms. The molecule has 1 saturated carbocycles. The van der Waals surface area contributed by atoms with Gasteiger partial charge in [-0.3, -0.25) is 0 Å². The Morgan fingerprint density at radius 3 is 2.06 bits per heavy atom. The highest BCUT2D eigenvalue weighted by atomic mass is 15.1. The summed E-state index contributed by atoms with van der Waals surface area (Å²) in [6.45, 7) is 5.35. The predicted molar refractivity (Wildman–Crippen MR) is 139 cm³/mol. The minimum Gasteiger partial charge on any atom is -0.399 e. The van der Waals surface area contributed by atoms with Gasteiger partial charge in [-0.1, -0.05) is 68.3 Å². The van der Waals surface area contributed by atoms with E-state index in [1.165, 1.54) is 60.2 Å². The molecular formula is C29H35N3. The third kappa shape index (κ3) is 5.16. The maximum atomic E-state index is 6.12. The Bertz CT molecular complexity index is 1030. The topological polar surface area (TPSA) is 32.5 Å². The second-order valence-electron chi connectivity index (χ2n) is 9.15. The Morgan fingerprint density at radius 2 is 1.47 bits per heavy atom. The molecule has 0 atom stereocenters. The molecule has 0 aliphatic heterocycles. The van der Waals surface area contributed by atoms with E-state index in [1.807, 2.05) is 12.1 Å². The van der Waals surface area contributed by atoms with E-state index in [-0.39, 0.29) is 0 Å². The number of nitrogens with two attached hydrogens (primary N) is 1. The predicted octanol–water partition coefficient (Wildman–Crippen LogP) is 7.10. The van der Waals surface area contributed by atoms with Crippen LogP contribution in [0.3, 0.4) is 0 Å². The summed E-state index contributed by atoms with van der Waals surface area (Å²) in [7, 11) is 4.13. The van der Waals surface area contributed by atoms with Crippen molar-refractivity contribution in [2.75, 3.05) is 29.6 Å². The molecule has 0 saturated heterocycles. The smallest absolute Gasteiger partial charge is 0.0478 e. The van der Waals surface area contributed by atoms with Crippen LogP contribution in [0.15, 0.2) is 85.1 Å². The SMILES string of the molecule is C=C(C1CCCCC1)N(Cc1ccc(-c2ccc(N(C)C)cc2)cc1)c1cccc(N)c1. The van der Waals surface area contributed by atoms with E-state index in [2.05, 4.69) is 91.1 Å². The number of allylic oxidation sites excluding steroid dienone is 1. The Kier molecular flexibility index (Phi) is 6.84. The third-order valence-corrected chi connectivity index (χ3v) is 6.62. The first-order valence-corrected chi connectivity index (χ1v) is 11.7. The maximum absolute atomic E-state index is 6.12. The Hall–Kier alpha value is -3.20. The van der Waals surface area contributed by atoms with Crippen molar-refractivity contribution < 1.29 is 0 Å². The highest BCUT2D eigenvalue weighted by Crippen LogP contribution is 2.35. The van der Waals surface area contributed by atoms with Gasteiger partial charge in [0.15, 0.2) is 0 Å². The molecule has 3 aromatic rings. The summed E-state index contributed by atoms with van der Waals surface area (Å²) in [6, 6.07) is 25.8. The van der Waals surface area contributed by atoms with Crippen LogP contribution in [-0.2, 0) is 6.54 Å². The van der Waals surface area contributed by atoms with Gasteiger partial charge in [-0.15, -0.1) is 0 Å². The van der Waals surface area contributed by atoms with Gasteiger partial charge in [-0.05, 0) is 65.8 Å². The van der Waals surface area contributed by atoms with E-state index in [0.717, 1.165) is 17.9 Å². The van der Waals surface area contributed by atoms with Crippen LogP contribution in [0.25, 0.3) is 11.1 Å². The molecule has 0 unspecified atom stereocenters. The van der Waals surface area contributed by atoms with Gasteiger partial charge in [-0.2, -0.15) is 0 Å². The fourth-order valence-corrected chi connectivity index (χ4v) is 4.64. The molecule has 166 valence electrons. The van der Waals surface area contributed by atoms with Crippen LogP contribution in [0.5, 0.6) is 0 Å². The van der Waals surface area contributed by atoms with Crippen molar-refractivity contribution in [3.05, 3.63) is 90.6 Å². The summed E-state index contributed by atoms with van der Waals surface area (Å²) in [5.74, 6) is 0.555. The van der Waals surface area contributed by atoms with Crippen LogP contribution in [0, 0.1) is 5.92 Å². The normalized spacial score (nSPS) is 14.2. The van der Waals surface area contributed by atoms with Crippen molar-refractivity contribution in [3.63, 3.8) is 0 Å². The minimum atomic E-state index is 0.555. The molecule has 3 aromatic carbocycles. The van der Waals surface area contributed by atoms with E-state index < -0.39 is 0 Å². The van der Waals surface area contributed by atoms with Crippen molar-refractivity contribution in [1.29, 1.82) is 0 Å². The average Bonchev–Trinajstić information content (AvgIpc) is 2.83. The van der Waals surface area contributed by atoms with Crippen LogP contribution in [-0.4, -0.2) is 14.1 Å². The molecule has 1 fully saturated rings. The van der Waals surface area contributed by atoms with Gasteiger partial charge in [0.05, 0.1) is 0 Å². The Morgan fingerprint density at radius 1 is 0.844 bits per heavy atom. The molecule has 0 radical (unpaired) electrons. The van der Waals surface area contributed by atoms with Crippen molar-refractivity contribution >= 4 is 17.1 Å². The number of hydrogen-bond donors (Lipinski definition) is 1. The fourth-order valence-electron chi connectivity index (χ4n) is 4.64. The summed E-state index contributed by atoms with van der Waals surface area (Å²) in [4.78, 5) is 4.49. The highest BCUT2D eigenvalue weighted by Gasteiger charge is 2.22. The summed E-state index contributed by atoms with van der Waals surface area (Å²) in [6.07, 6.45) is 6.42. The molecule has 1 aliphatic rings. The van der Waals surface area contributed by atoms with E-state index in [4.69, 9.17) is 5.73 Å². The Balaban J connectivity index is 1.55. The zero-order valence-corrected chi connectivity index (χ0v) is 19.4. The van der Waals surface area contributed by atoms with Crippen molar-refractivity contribution in [1.82, 2.24) is 0 Å². The lowest BCUT2D eigenvalue weighted by molar-refractivity contribution is 0.396. The summed E-state index contributed by atoms with van der Waals surface area (Å²) >= 11 is 0. The zero-order chi connectivity index (χ0) is 22.5. The van der Waals surface area contributed by atoms with Crippen LogP contribution >= 0.6 is 0 Å². The standard InChI is InChI=1S/C29H35N3/c1-22(24-8-5-4-6-9-24)32(29-11-7-10-27(30)20-29)21-23-12-14-25(15-13-23)26-16-18-28(19-17-26)31(2)3/h7,10-20,24H,1,4-6,8-9,21,30H2,2-3H3. The lowest BCUT2D eigenvalue weighted by Crippen LogP contribution is -2.27. The van der Waals surface area contributed by atoms with Crippen molar-refractivity contribution in [2.45, 2.75) is 38.6 Å². The van der Waals surface area contributed by atoms with Gasteiger partial charge in [0, 0.05) is 43.4 Å². The summed E-state index contributed by atoms with van der Waals surface area (Å²) in [5, 5.41) is 0. The van der Waals surface area contributed by atoms with Crippen LogP contribution in [0.2, 0.25) is 0 Å². The Labute approximate surface area is 193 Å². The minimum absolute atomic E-state index is 0.555. The summed E-state index contributed by atoms with van der Waals surface area (Å²) < 4.78 is 0. The first-order chi connectivity index (χ1) is 15.5. The molecule has 2 N–H and O–H groups in total. The molecule has 1 aliphatic carbocycles. The van der Waals surface area contributed by atoms with Gasteiger partial charge >= 0.3 is 0 Å². The van der Waals surface area contributed by atoms with Gasteiger partial charge < -0.3 is 15.5 Å². The monoisotopic (exact) mass is 425 g/mol. The van der Waals surface area contributed by atoms with Crippen LogP contribution in [0.1, 0.15) is 37.7 Å². The first kappa shape index (κ1) is 22.0. The number of nitrogen functional groups attached to an aromatic ring is 1. The number of rotatable bonds is 7. The molecule has 0 bridgehead atoms. The quantitative estimate of drug-likeness (QED) is 0.410. The van der Waals surface area contributed by atoms with Crippen molar-refractivity contribution in [3.8, 4) is 11.1 Å². The third-order valence-electron chi connectivity index (χ3n) is 6.62. The molecule has 0 amide bonds. The lowest BCUT2D eigenvalue weighted by Gasteiger charge is -2.34. The van der Waals surface area contributed by atoms with Gasteiger partial charge in [0.1, 0.15) is 0 Å². The summed E-state index contributed by atoms with van der Waals surface area (Å²) in [5.41, 5.74) is 14.2. The lowest BCUT2D eigenvalue weighted by atomic mass is 9.86. The largest absolute Gasteiger partial charge is 0.399 e. The molecular weight excluding hydrogens is 390 g/mol. The molecule has 32 heavy (non-hydrogen) atoms. The fraction of sp³-hybridized carbons (Fsp3) is 0.310. The van der Waals surface area contributed by atoms with Gasteiger partial charge in [-0.25, -0.2) is 0 Å². The second kappa shape index (κ2) is 9.95. The first-order valence-electron chi connectivity index (χ1n) is 11.7. The van der Waals surface area contributed by atoms with Crippen molar-refractivity contribution in [2.24, 2.45) is 5.92 Å². The second-order valence-corrected chi connectivity index (χ2v) is 9.15. The molecule has 4 rings (SSSR count). The van der Waals surface area contributed by atoms with Crippen LogP contribution < -0.4 is 15.5 Å². The number of hydrogen-bond acceptors (Lipinski definition) is 3. The molecule has 0 heterocycles. The highest BCUT2D eigenvalue weighted by molar-refractivity contribution is 5.67. The molecule has 0 spiro atoms. The van der Waals surface area contributed by atoms with E-state index >= 15 is 0 Å².